The highest BCUT2D eigenvalue weighted by molar-refractivity contribution is 5.89. The summed E-state index contributed by atoms with van der Waals surface area (Å²) in [5, 5.41) is 4.12. The predicted octanol–water partition coefficient (Wildman–Crippen LogP) is 1.74. The van der Waals surface area contributed by atoms with E-state index in [4.69, 9.17) is 0 Å². The number of carbonyl (C=O) groups is 2. The molecule has 0 aliphatic carbocycles. The second-order valence-electron chi connectivity index (χ2n) is 6.88. The topological polar surface area (TPSA) is 58.4 Å². The highest BCUT2D eigenvalue weighted by atomic mass is 16.2. The van der Waals surface area contributed by atoms with Crippen LogP contribution in [-0.4, -0.2) is 45.0 Å². The van der Waals surface area contributed by atoms with Crippen LogP contribution in [0.3, 0.4) is 0 Å². The fourth-order valence-corrected chi connectivity index (χ4v) is 3.22. The fraction of sp³-hybridized carbons (Fsp3) is 0.421. The Balaban J connectivity index is 1.59. The van der Waals surface area contributed by atoms with E-state index < -0.39 is 0 Å². The van der Waals surface area contributed by atoms with Crippen LogP contribution < -0.4 is 0 Å². The molecule has 1 saturated heterocycles. The van der Waals surface area contributed by atoms with E-state index in [1.165, 1.54) is 5.56 Å². The Morgan fingerprint density at radius 3 is 2.64 bits per heavy atom. The molecule has 0 bridgehead atoms. The van der Waals surface area contributed by atoms with Gasteiger partial charge in [0.05, 0.1) is 12.1 Å². The number of likely N-dealkylation sites (tertiary alicyclic amines) is 1. The largest absolute Gasteiger partial charge is 0.341 e. The van der Waals surface area contributed by atoms with Crippen LogP contribution in [0, 0.1) is 12.8 Å². The molecule has 2 aromatic rings. The van der Waals surface area contributed by atoms with Crippen LogP contribution in [0.15, 0.2) is 36.7 Å². The SMILES string of the molecule is Cc1ccc(CN2CC(C(=O)N(C)Cc3cnn(C)c3)CC2=O)cc1. The number of hydrogen-bond donors (Lipinski definition) is 0. The molecule has 2 heterocycles. The third kappa shape index (κ3) is 4.07. The van der Waals surface area contributed by atoms with E-state index in [-0.39, 0.29) is 17.7 Å². The molecule has 0 spiro atoms. The first kappa shape index (κ1) is 17.2. The Morgan fingerprint density at radius 1 is 1.28 bits per heavy atom. The molecule has 1 aromatic heterocycles. The van der Waals surface area contributed by atoms with Crippen LogP contribution >= 0.6 is 0 Å². The fourth-order valence-electron chi connectivity index (χ4n) is 3.22. The predicted molar refractivity (Wildman–Crippen MR) is 94.4 cm³/mol. The standard InChI is InChI=1S/C19H24N4O2/c1-14-4-6-15(7-5-14)12-23-13-17(8-18(23)24)19(25)21(2)10-16-9-20-22(3)11-16/h4-7,9,11,17H,8,10,12-13H2,1-3H3. The van der Waals surface area contributed by atoms with Crippen molar-refractivity contribution in [2.24, 2.45) is 13.0 Å². The minimum absolute atomic E-state index is 0.0172. The van der Waals surface area contributed by atoms with Gasteiger partial charge in [0.25, 0.3) is 0 Å². The molecule has 6 nitrogen and oxygen atoms in total. The smallest absolute Gasteiger partial charge is 0.228 e. The van der Waals surface area contributed by atoms with Crippen molar-refractivity contribution in [3.8, 4) is 0 Å². The van der Waals surface area contributed by atoms with E-state index >= 15 is 0 Å². The summed E-state index contributed by atoms with van der Waals surface area (Å²) in [5.74, 6) is -0.197. The van der Waals surface area contributed by atoms with Crippen molar-refractivity contribution in [1.82, 2.24) is 19.6 Å². The zero-order valence-electron chi connectivity index (χ0n) is 15.0. The molecular weight excluding hydrogens is 316 g/mol. The third-order valence-corrected chi connectivity index (χ3v) is 4.61. The highest BCUT2D eigenvalue weighted by Gasteiger charge is 2.35. The molecule has 0 N–H and O–H groups in total. The summed E-state index contributed by atoms with van der Waals surface area (Å²) < 4.78 is 1.72. The normalized spacial score (nSPS) is 17.2. The molecule has 1 fully saturated rings. The lowest BCUT2D eigenvalue weighted by atomic mass is 10.1. The average Bonchev–Trinajstić information content (AvgIpc) is 3.15. The number of rotatable bonds is 5. The van der Waals surface area contributed by atoms with E-state index in [0.717, 1.165) is 11.1 Å². The summed E-state index contributed by atoms with van der Waals surface area (Å²) in [5.41, 5.74) is 3.27. The van der Waals surface area contributed by atoms with Gasteiger partial charge < -0.3 is 9.80 Å². The molecule has 3 rings (SSSR count). The van der Waals surface area contributed by atoms with Crippen molar-refractivity contribution < 1.29 is 9.59 Å². The lowest BCUT2D eigenvalue weighted by molar-refractivity contribution is -0.135. The maximum Gasteiger partial charge on any atom is 0.228 e. The number of hydrogen-bond acceptors (Lipinski definition) is 3. The first-order valence-corrected chi connectivity index (χ1v) is 8.48. The monoisotopic (exact) mass is 340 g/mol. The van der Waals surface area contributed by atoms with Crippen LogP contribution in [0.4, 0.5) is 0 Å². The van der Waals surface area contributed by atoms with Gasteiger partial charge in [-0.1, -0.05) is 29.8 Å². The van der Waals surface area contributed by atoms with Gasteiger partial charge in [-0.15, -0.1) is 0 Å². The third-order valence-electron chi connectivity index (χ3n) is 4.61. The van der Waals surface area contributed by atoms with Crippen molar-refractivity contribution in [1.29, 1.82) is 0 Å². The number of nitrogens with zero attached hydrogens (tertiary/aromatic N) is 4. The molecule has 1 unspecified atom stereocenters. The molecule has 0 saturated carbocycles. The van der Waals surface area contributed by atoms with E-state index in [0.29, 0.717) is 26.1 Å². The van der Waals surface area contributed by atoms with Crippen LogP contribution in [0.1, 0.15) is 23.1 Å². The molecule has 1 aromatic carbocycles. The van der Waals surface area contributed by atoms with E-state index in [9.17, 15) is 9.59 Å². The Hall–Kier alpha value is -2.63. The lowest BCUT2D eigenvalue weighted by Crippen LogP contribution is -2.34. The Bertz CT molecular complexity index is 766. The zero-order chi connectivity index (χ0) is 18.0. The van der Waals surface area contributed by atoms with Crippen molar-refractivity contribution in [3.63, 3.8) is 0 Å². The second kappa shape index (κ2) is 7.09. The Kier molecular flexibility index (Phi) is 4.88. The summed E-state index contributed by atoms with van der Waals surface area (Å²) in [7, 11) is 3.63. The molecule has 25 heavy (non-hydrogen) atoms. The number of carbonyl (C=O) groups excluding carboxylic acids is 2. The molecule has 1 atom stereocenters. The Labute approximate surface area is 148 Å². The van der Waals surface area contributed by atoms with Crippen molar-refractivity contribution in [2.75, 3.05) is 13.6 Å². The molecule has 1 aliphatic heterocycles. The summed E-state index contributed by atoms with van der Waals surface area (Å²) in [6.45, 7) is 3.60. The summed E-state index contributed by atoms with van der Waals surface area (Å²) in [6, 6.07) is 8.15. The minimum Gasteiger partial charge on any atom is -0.341 e. The van der Waals surface area contributed by atoms with E-state index in [2.05, 4.69) is 5.10 Å². The molecule has 132 valence electrons. The summed E-state index contributed by atoms with van der Waals surface area (Å²) in [6.07, 6.45) is 3.95. The van der Waals surface area contributed by atoms with Crippen molar-refractivity contribution >= 4 is 11.8 Å². The molecule has 0 radical (unpaired) electrons. The van der Waals surface area contributed by atoms with Crippen molar-refractivity contribution in [2.45, 2.75) is 26.4 Å². The van der Waals surface area contributed by atoms with Gasteiger partial charge in [-0.3, -0.25) is 14.3 Å². The van der Waals surface area contributed by atoms with E-state index in [1.54, 1.807) is 27.7 Å². The first-order valence-electron chi connectivity index (χ1n) is 8.48. The maximum absolute atomic E-state index is 12.7. The van der Waals surface area contributed by atoms with Gasteiger partial charge in [-0.2, -0.15) is 5.10 Å². The van der Waals surface area contributed by atoms with Gasteiger partial charge in [-0.05, 0) is 12.5 Å². The number of aromatic nitrogens is 2. The quantitative estimate of drug-likeness (QED) is 0.833. The molecular formula is C19H24N4O2. The van der Waals surface area contributed by atoms with Crippen molar-refractivity contribution in [3.05, 3.63) is 53.3 Å². The van der Waals surface area contributed by atoms with Gasteiger partial charge >= 0.3 is 0 Å². The number of amides is 2. The molecule has 6 heteroatoms. The Morgan fingerprint density at radius 2 is 2.00 bits per heavy atom. The van der Waals surface area contributed by atoms with Crippen LogP contribution in [-0.2, 0) is 29.7 Å². The maximum atomic E-state index is 12.7. The van der Waals surface area contributed by atoms with Gasteiger partial charge in [0.2, 0.25) is 11.8 Å². The zero-order valence-corrected chi connectivity index (χ0v) is 15.0. The van der Waals surface area contributed by atoms with Crippen LogP contribution in [0.2, 0.25) is 0 Å². The van der Waals surface area contributed by atoms with Gasteiger partial charge in [-0.25, -0.2) is 0 Å². The number of benzene rings is 1. The van der Waals surface area contributed by atoms with Crippen LogP contribution in [0.25, 0.3) is 0 Å². The van der Waals surface area contributed by atoms with Crippen LogP contribution in [0.5, 0.6) is 0 Å². The summed E-state index contributed by atoms with van der Waals surface area (Å²) >= 11 is 0. The molecule has 2 amide bonds. The highest BCUT2D eigenvalue weighted by Crippen LogP contribution is 2.22. The lowest BCUT2D eigenvalue weighted by Gasteiger charge is -2.21. The number of aryl methyl sites for hydroxylation is 2. The molecule has 1 aliphatic rings. The van der Waals surface area contributed by atoms with Gasteiger partial charge in [0, 0.05) is 51.9 Å². The minimum atomic E-state index is -0.264. The second-order valence-corrected chi connectivity index (χ2v) is 6.88. The average molecular weight is 340 g/mol. The van der Waals surface area contributed by atoms with E-state index in [1.807, 2.05) is 44.4 Å². The first-order chi connectivity index (χ1) is 11.9. The van der Waals surface area contributed by atoms with Gasteiger partial charge in [0.15, 0.2) is 0 Å². The van der Waals surface area contributed by atoms with Gasteiger partial charge in [0.1, 0.15) is 0 Å². The summed E-state index contributed by atoms with van der Waals surface area (Å²) in [4.78, 5) is 28.4.